The van der Waals surface area contributed by atoms with Crippen molar-refractivity contribution in [3.8, 4) is 0 Å². The number of hydrogen-bond donors (Lipinski definition) is 0. The molecule has 2 rings (SSSR count). The van der Waals surface area contributed by atoms with Crippen molar-refractivity contribution in [1.82, 2.24) is 4.57 Å². The van der Waals surface area contributed by atoms with E-state index >= 15 is 0 Å². The molecule has 0 aliphatic heterocycles. The highest BCUT2D eigenvalue weighted by atomic mass is 79.9. The summed E-state index contributed by atoms with van der Waals surface area (Å²) in [6.45, 7) is 0.216. The average molecular weight is 395 g/mol. The van der Waals surface area contributed by atoms with Crippen molar-refractivity contribution in [1.29, 1.82) is 0 Å². The zero-order valence-electron chi connectivity index (χ0n) is 8.96. The van der Waals surface area contributed by atoms with Crippen molar-refractivity contribution in [2.75, 3.05) is 0 Å². The molecular formula is C12H7Br2ClFNO. The molecule has 0 N–H and O–H groups in total. The Morgan fingerprint density at radius 1 is 1.28 bits per heavy atom. The van der Waals surface area contributed by atoms with Crippen LogP contribution < -0.4 is 5.56 Å². The first kappa shape index (κ1) is 13.8. The third kappa shape index (κ3) is 3.02. The van der Waals surface area contributed by atoms with Gasteiger partial charge in [-0.15, -0.1) is 0 Å². The van der Waals surface area contributed by atoms with Gasteiger partial charge < -0.3 is 4.57 Å². The van der Waals surface area contributed by atoms with E-state index in [4.69, 9.17) is 11.6 Å². The van der Waals surface area contributed by atoms with Crippen LogP contribution in [0, 0.1) is 5.82 Å². The van der Waals surface area contributed by atoms with Gasteiger partial charge in [0.25, 0.3) is 5.56 Å². The Bertz CT molecular complexity index is 657. The first-order chi connectivity index (χ1) is 8.47. The second kappa shape index (κ2) is 5.55. The van der Waals surface area contributed by atoms with Gasteiger partial charge in [-0.1, -0.05) is 11.6 Å². The quantitative estimate of drug-likeness (QED) is 0.747. The summed E-state index contributed by atoms with van der Waals surface area (Å²) in [6.07, 6.45) is 1.63. The Morgan fingerprint density at radius 2 is 2.00 bits per heavy atom. The number of benzene rings is 1. The van der Waals surface area contributed by atoms with Gasteiger partial charge in [0.2, 0.25) is 0 Å². The molecule has 0 saturated carbocycles. The monoisotopic (exact) mass is 393 g/mol. The minimum atomic E-state index is -0.378. The number of halogens is 4. The zero-order chi connectivity index (χ0) is 13.3. The summed E-state index contributed by atoms with van der Waals surface area (Å²) in [5.74, 6) is -0.378. The Balaban J connectivity index is 2.46. The number of pyridine rings is 1. The highest BCUT2D eigenvalue weighted by molar-refractivity contribution is 9.11. The van der Waals surface area contributed by atoms with E-state index in [1.807, 2.05) is 0 Å². The van der Waals surface area contributed by atoms with Crippen molar-refractivity contribution in [3.63, 3.8) is 0 Å². The number of aromatic nitrogens is 1. The minimum absolute atomic E-state index is 0.196. The Kier molecular flexibility index (Phi) is 4.25. The SMILES string of the molecule is O=c1c(Br)cc(Br)cn1Cc1cc(F)ccc1Cl. The van der Waals surface area contributed by atoms with Crippen LogP contribution in [-0.4, -0.2) is 4.57 Å². The third-order valence-electron chi connectivity index (χ3n) is 2.36. The summed E-state index contributed by atoms with van der Waals surface area (Å²) in [6, 6.07) is 5.74. The van der Waals surface area contributed by atoms with Crippen LogP contribution in [0.1, 0.15) is 5.56 Å². The van der Waals surface area contributed by atoms with Crippen molar-refractivity contribution in [3.05, 3.63) is 66.2 Å². The molecule has 0 saturated heterocycles. The van der Waals surface area contributed by atoms with Crippen LogP contribution in [0.15, 0.2) is 44.2 Å². The lowest BCUT2D eigenvalue weighted by molar-refractivity contribution is 0.622. The van der Waals surface area contributed by atoms with E-state index < -0.39 is 0 Å². The largest absolute Gasteiger partial charge is 0.309 e. The van der Waals surface area contributed by atoms with Crippen LogP contribution in [0.5, 0.6) is 0 Å². The molecule has 2 nitrogen and oxygen atoms in total. The molecule has 0 atom stereocenters. The fourth-order valence-corrected chi connectivity index (χ4v) is 2.97. The average Bonchev–Trinajstić information content (AvgIpc) is 2.30. The van der Waals surface area contributed by atoms with Crippen molar-refractivity contribution in [2.24, 2.45) is 0 Å². The molecule has 1 aromatic heterocycles. The summed E-state index contributed by atoms with van der Waals surface area (Å²) in [4.78, 5) is 11.9. The first-order valence-corrected chi connectivity index (χ1v) is 6.93. The van der Waals surface area contributed by atoms with Gasteiger partial charge in [0.1, 0.15) is 5.82 Å². The molecule has 2 aromatic rings. The van der Waals surface area contributed by atoms with Gasteiger partial charge >= 0.3 is 0 Å². The maximum Gasteiger partial charge on any atom is 0.265 e. The third-order valence-corrected chi connectivity index (χ3v) is 3.73. The minimum Gasteiger partial charge on any atom is -0.309 e. The molecule has 94 valence electrons. The number of hydrogen-bond acceptors (Lipinski definition) is 1. The topological polar surface area (TPSA) is 22.0 Å². The highest BCUT2D eigenvalue weighted by Crippen LogP contribution is 2.19. The molecule has 1 aromatic carbocycles. The molecule has 0 aliphatic rings. The van der Waals surface area contributed by atoms with Crippen molar-refractivity contribution < 1.29 is 4.39 Å². The maximum atomic E-state index is 13.1. The standard InChI is InChI=1S/C12H7Br2ClFNO/c13-8-4-10(14)12(18)17(6-8)5-7-3-9(16)1-2-11(7)15/h1-4,6H,5H2. The molecule has 0 fully saturated rings. The van der Waals surface area contributed by atoms with Crippen LogP contribution in [0.25, 0.3) is 0 Å². The molecule has 18 heavy (non-hydrogen) atoms. The number of nitrogens with zero attached hydrogens (tertiary/aromatic N) is 1. The predicted octanol–water partition coefficient (Wildman–Crippen LogP) is 4.21. The van der Waals surface area contributed by atoms with Crippen LogP contribution in [0.3, 0.4) is 0 Å². The van der Waals surface area contributed by atoms with E-state index in [0.717, 1.165) is 4.47 Å². The molecule has 0 bridgehead atoms. The van der Waals surface area contributed by atoms with Gasteiger partial charge in [0.15, 0.2) is 0 Å². The van der Waals surface area contributed by atoms with Gasteiger partial charge in [0.05, 0.1) is 11.0 Å². The predicted molar refractivity (Wildman–Crippen MR) is 76.6 cm³/mol. The summed E-state index contributed by atoms with van der Waals surface area (Å²) >= 11 is 12.4. The van der Waals surface area contributed by atoms with Gasteiger partial charge in [-0.2, -0.15) is 0 Å². The molecule has 0 aliphatic carbocycles. The lowest BCUT2D eigenvalue weighted by Crippen LogP contribution is -2.20. The molecular weight excluding hydrogens is 388 g/mol. The summed E-state index contributed by atoms with van der Waals surface area (Å²) in [7, 11) is 0. The summed E-state index contributed by atoms with van der Waals surface area (Å²) in [5, 5.41) is 0.430. The summed E-state index contributed by atoms with van der Waals surface area (Å²) in [5.41, 5.74) is 0.363. The van der Waals surface area contributed by atoms with Crippen LogP contribution in [0.2, 0.25) is 5.02 Å². The highest BCUT2D eigenvalue weighted by Gasteiger charge is 2.07. The van der Waals surface area contributed by atoms with Crippen molar-refractivity contribution in [2.45, 2.75) is 6.54 Å². The van der Waals surface area contributed by atoms with Gasteiger partial charge in [-0.3, -0.25) is 4.79 Å². The van der Waals surface area contributed by atoms with E-state index in [9.17, 15) is 9.18 Å². The fraction of sp³-hybridized carbons (Fsp3) is 0.0833. The Labute approximate surface area is 125 Å². The summed E-state index contributed by atoms with van der Waals surface area (Å²) < 4.78 is 15.8. The lowest BCUT2D eigenvalue weighted by Gasteiger charge is -2.09. The van der Waals surface area contributed by atoms with E-state index in [-0.39, 0.29) is 17.9 Å². The van der Waals surface area contributed by atoms with E-state index in [1.165, 1.54) is 22.8 Å². The first-order valence-electron chi connectivity index (χ1n) is 4.97. The molecule has 1 heterocycles. The molecule has 0 spiro atoms. The normalized spacial score (nSPS) is 10.7. The van der Waals surface area contributed by atoms with Gasteiger partial charge in [0, 0.05) is 15.7 Å². The van der Waals surface area contributed by atoms with E-state index in [1.54, 1.807) is 12.3 Å². The Hall–Kier alpha value is -0.650. The second-order valence-electron chi connectivity index (χ2n) is 3.68. The van der Waals surface area contributed by atoms with Crippen molar-refractivity contribution >= 4 is 43.5 Å². The molecule has 6 heteroatoms. The van der Waals surface area contributed by atoms with Gasteiger partial charge in [-0.05, 0) is 61.7 Å². The van der Waals surface area contributed by atoms with Crippen LogP contribution in [-0.2, 0) is 6.54 Å². The van der Waals surface area contributed by atoms with E-state index in [2.05, 4.69) is 31.9 Å². The second-order valence-corrected chi connectivity index (χ2v) is 5.85. The number of rotatable bonds is 2. The maximum absolute atomic E-state index is 13.1. The van der Waals surface area contributed by atoms with E-state index in [0.29, 0.717) is 15.1 Å². The fourth-order valence-electron chi connectivity index (χ4n) is 1.53. The zero-order valence-corrected chi connectivity index (χ0v) is 12.9. The van der Waals surface area contributed by atoms with Crippen LogP contribution >= 0.6 is 43.5 Å². The molecule has 0 amide bonds. The molecule has 0 radical (unpaired) electrons. The van der Waals surface area contributed by atoms with Gasteiger partial charge in [-0.25, -0.2) is 4.39 Å². The van der Waals surface area contributed by atoms with Crippen LogP contribution in [0.4, 0.5) is 4.39 Å². The Morgan fingerprint density at radius 3 is 2.72 bits per heavy atom. The molecule has 0 unspecified atom stereocenters. The smallest absolute Gasteiger partial charge is 0.265 e. The lowest BCUT2D eigenvalue weighted by atomic mass is 10.2.